The minimum absolute atomic E-state index is 0.227. The summed E-state index contributed by atoms with van der Waals surface area (Å²) >= 11 is 0. The maximum absolute atomic E-state index is 11.5. The third-order valence-corrected chi connectivity index (χ3v) is 1.06. The molecule has 0 unspecified atom stereocenters. The Balaban J connectivity index is 3.45. The highest BCUT2D eigenvalue weighted by atomic mass is 19.4. The number of unbranched alkanes of at least 4 members (excludes halogenated alkanes) is 1. The smallest absolute Gasteiger partial charge is 0.459 e. The summed E-state index contributed by atoms with van der Waals surface area (Å²) < 4.78 is 38.3. The van der Waals surface area contributed by atoms with Crippen molar-refractivity contribution < 1.29 is 22.7 Å². The Labute approximate surface area is 67.7 Å². The Kier molecular flexibility index (Phi) is 4.65. The predicted molar refractivity (Wildman–Crippen MR) is 35.3 cm³/mol. The lowest BCUT2D eigenvalue weighted by molar-refractivity contribution is -0.199. The van der Waals surface area contributed by atoms with Gasteiger partial charge in [0.1, 0.15) is 0 Å². The predicted octanol–water partition coefficient (Wildman–Crippen LogP) is 0.831. The highest BCUT2D eigenvalue weighted by Crippen LogP contribution is 2.16. The summed E-state index contributed by atoms with van der Waals surface area (Å²) in [6, 6.07) is 0. The first-order valence-corrected chi connectivity index (χ1v) is 3.42. The van der Waals surface area contributed by atoms with E-state index in [1.54, 1.807) is 0 Å². The van der Waals surface area contributed by atoms with E-state index in [2.05, 4.69) is 4.74 Å². The Bertz CT molecular complexity index is 146. The van der Waals surface area contributed by atoms with Crippen molar-refractivity contribution in [2.24, 2.45) is 5.73 Å². The fourth-order valence-electron chi connectivity index (χ4n) is 0.493. The summed E-state index contributed by atoms with van der Waals surface area (Å²) in [5.41, 5.74) is 5.07. The molecule has 0 aliphatic carbocycles. The van der Waals surface area contributed by atoms with Gasteiger partial charge in [0.05, 0.1) is 6.61 Å². The zero-order valence-electron chi connectivity index (χ0n) is 6.36. The van der Waals surface area contributed by atoms with Crippen molar-refractivity contribution >= 4 is 5.97 Å². The summed E-state index contributed by atoms with van der Waals surface area (Å²) in [6.45, 7) is 0.152. The molecule has 0 amide bonds. The van der Waals surface area contributed by atoms with E-state index >= 15 is 0 Å². The number of hydrogen-bond acceptors (Lipinski definition) is 3. The lowest BCUT2D eigenvalue weighted by Crippen LogP contribution is -2.25. The van der Waals surface area contributed by atoms with Crippen LogP contribution in [0.2, 0.25) is 0 Å². The highest BCUT2D eigenvalue weighted by molar-refractivity contribution is 5.75. The van der Waals surface area contributed by atoms with E-state index in [-0.39, 0.29) is 6.61 Å². The number of alkyl halides is 3. The van der Waals surface area contributed by atoms with Crippen LogP contribution in [-0.4, -0.2) is 25.3 Å². The van der Waals surface area contributed by atoms with Crippen molar-refractivity contribution in [1.82, 2.24) is 0 Å². The lowest BCUT2D eigenvalue weighted by Gasteiger charge is -2.05. The van der Waals surface area contributed by atoms with Crippen LogP contribution in [0.1, 0.15) is 12.8 Å². The second-order valence-electron chi connectivity index (χ2n) is 2.13. The van der Waals surface area contributed by atoms with E-state index in [1.807, 2.05) is 0 Å². The van der Waals surface area contributed by atoms with Gasteiger partial charge in [-0.2, -0.15) is 13.2 Å². The largest absolute Gasteiger partial charge is 0.490 e. The molecule has 0 aromatic rings. The van der Waals surface area contributed by atoms with Crippen molar-refractivity contribution in [3.63, 3.8) is 0 Å². The zero-order valence-corrected chi connectivity index (χ0v) is 6.36. The van der Waals surface area contributed by atoms with Crippen LogP contribution < -0.4 is 5.73 Å². The molecular weight excluding hydrogens is 175 g/mol. The Morgan fingerprint density at radius 3 is 2.33 bits per heavy atom. The van der Waals surface area contributed by atoms with Crippen LogP contribution >= 0.6 is 0 Å². The fraction of sp³-hybridized carbons (Fsp3) is 0.833. The molecule has 3 nitrogen and oxygen atoms in total. The maximum atomic E-state index is 11.5. The molecule has 0 heterocycles. The molecule has 6 heteroatoms. The molecule has 0 aliphatic rings. The SMILES string of the molecule is NCCCCOC(=O)C(F)(F)F. The molecule has 0 aromatic heterocycles. The van der Waals surface area contributed by atoms with Gasteiger partial charge in [-0.15, -0.1) is 0 Å². The van der Waals surface area contributed by atoms with Gasteiger partial charge in [-0.3, -0.25) is 0 Å². The molecule has 0 radical (unpaired) electrons. The number of hydrogen-bond donors (Lipinski definition) is 1. The average Bonchev–Trinajstić information content (AvgIpc) is 1.96. The summed E-state index contributed by atoms with van der Waals surface area (Å²) in [7, 11) is 0. The maximum Gasteiger partial charge on any atom is 0.490 e. The van der Waals surface area contributed by atoms with Crippen LogP contribution in [0.25, 0.3) is 0 Å². The molecule has 0 aliphatic heterocycles. The van der Waals surface area contributed by atoms with Crippen LogP contribution in [0, 0.1) is 0 Å². The summed E-state index contributed by atoms with van der Waals surface area (Å²) in [5.74, 6) is -2.14. The van der Waals surface area contributed by atoms with Crippen molar-refractivity contribution in [2.75, 3.05) is 13.2 Å². The summed E-state index contributed by atoms with van der Waals surface area (Å²) in [5, 5.41) is 0. The van der Waals surface area contributed by atoms with Crippen LogP contribution in [0.4, 0.5) is 13.2 Å². The summed E-state index contributed by atoms with van der Waals surface area (Å²) in [6.07, 6.45) is -3.98. The fourth-order valence-corrected chi connectivity index (χ4v) is 0.493. The minimum Gasteiger partial charge on any atom is -0.459 e. The van der Waals surface area contributed by atoms with Gasteiger partial charge in [-0.25, -0.2) is 4.79 Å². The molecule has 0 saturated heterocycles. The van der Waals surface area contributed by atoms with Gasteiger partial charge in [0, 0.05) is 0 Å². The topological polar surface area (TPSA) is 52.3 Å². The van der Waals surface area contributed by atoms with Gasteiger partial charge >= 0.3 is 12.1 Å². The molecule has 0 aromatic carbocycles. The molecule has 0 bridgehead atoms. The first-order valence-electron chi connectivity index (χ1n) is 3.42. The molecule has 72 valence electrons. The van der Waals surface area contributed by atoms with Gasteiger partial charge in [0.25, 0.3) is 0 Å². The summed E-state index contributed by atoms with van der Waals surface area (Å²) in [4.78, 5) is 10.0. The highest BCUT2D eigenvalue weighted by Gasteiger charge is 2.40. The molecule has 2 N–H and O–H groups in total. The number of halogens is 3. The van der Waals surface area contributed by atoms with E-state index in [9.17, 15) is 18.0 Å². The standard InChI is InChI=1S/C6H10F3NO2/c7-6(8,9)5(11)12-4-2-1-3-10/h1-4,10H2. The number of carbonyl (C=O) groups excluding carboxylic acids is 1. The van der Waals surface area contributed by atoms with E-state index < -0.39 is 12.1 Å². The van der Waals surface area contributed by atoms with Gasteiger partial charge in [-0.1, -0.05) is 0 Å². The van der Waals surface area contributed by atoms with Crippen LogP contribution in [0.15, 0.2) is 0 Å². The molecule has 0 atom stereocenters. The molecule has 0 spiro atoms. The van der Waals surface area contributed by atoms with Crippen molar-refractivity contribution in [1.29, 1.82) is 0 Å². The average molecular weight is 185 g/mol. The third kappa shape index (κ3) is 4.95. The molecule has 0 saturated carbocycles. The van der Waals surface area contributed by atoms with Gasteiger partial charge in [-0.05, 0) is 19.4 Å². The van der Waals surface area contributed by atoms with Crippen LogP contribution in [-0.2, 0) is 9.53 Å². The zero-order chi connectivity index (χ0) is 9.61. The normalized spacial score (nSPS) is 11.3. The second-order valence-corrected chi connectivity index (χ2v) is 2.13. The van der Waals surface area contributed by atoms with Gasteiger partial charge < -0.3 is 10.5 Å². The first kappa shape index (κ1) is 11.2. The van der Waals surface area contributed by atoms with Crippen molar-refractivity contribution in [2.45, 2.75) is 19.0 Å². The Hall–Kier alpha value is -0.780. The quantitative estimate of drug-likeness (QED) is 0.521. The number of nitrogens with two attached hydrogens (primary N) is 1. The molecule has 0 fully saturated rings. The van der Waals surface area contributed by atoms with E-state index in [0.29, 0.717) is 19.4 Å². The van der Waals surface area contributed by atoms with Crippen molar-refractivity contribution in [3.05, 3.63) is 0 Å². The first-order chi connectivity index (χ1) is 5.48. The molecular formula is C6H10F3NO2. The van der Waals surface area contributed by atoms with E-state index in [4.69, 9.17) is 5.73 Å². The molecule has 0 rings (SSSR count). The van der Waals surface area contributed by atoms with Gasteiger partial charge in [0.15, 0.2) is 0 Å². The Morgan fingerprint density at radius 1 is 1.33 bits per heavy atom. The van der Waals surface area contributed by atoms with Crippen LogP contribution in [0.5, 0.6) is 0 Å². The van der Waals surface area contributed by atoms with Crippen molar-refractivity contribution in [3.8, 4) is 0 Å². The van der Waals surface area contributed by atoms with E-state index in [1.165, 1.54) is 0 Å². The molecule has 12 heavy (non-hydrogen) atoms. The Morgan fingerprint density at radius 2 is 1.92 bits per heavy atom. The number of esters is 1. The van der Waals surface area contributed by atoms with E-state index in [0.717, 1.165) is 0 Å². The number of ether oxygens (including phenoxy) is 1. The minimum atomic E-state index is -4.89. The third-order valence-electron chi connectivity index (χ3n) is 1.06. The lowest BCUT2D eigenvalue weighted by atomic mass is 10.3. The number of rotatable bonds is 4. The van der Waals surface area contributed by atoms with Gasteiger partial charge in [0.2, 0.25) is 0 Å². The number of carbonyl (C=O) groups is 1. The van der Waals surface area contributed by atoms with Crippen LogP contribution in [0.3, 0.4) is 0 Å². The second kappa shape index (κ2) is 4.97. The monoisotopic (exact) mass is 185 g/mol.